The van der Waals surface area contributed by atoms with Crippen molar-refractivity contribution in [3.8, 4) is 0 Å². The Kier molecular flexibility index (Phi) is 6.65. The molecule has 33 heavy (non-hydrogen) atoms. The first-order chi connectivity index (χ1) is 15.5. The van der Waals surface area contributed by atoms with E-state index < -0.39 is 5.97 Å². The van der Waals surface area contributed by atoms with Crippen molar-refractivity contribution in [3.63, 3.8) is 0 Å². The van der Waals surface area contributed by atoms with Crippen molar-refractivity contribution in [1.29, 1.82) is 0 Å². The van der Waals surface area contributed by atoms with Crippen LogP contribution in [0.2, 0.25) is 0 Å². The van der Waals surface area contributed by atoms with E-state index in [1.165, 1.54) is 63.4 Å². The SMILES string of the molecule is CC(C)=CCCC(C)C1CCC2(C)C3CCC(C(C)CO)C4(CCC(=O)O)CC34CCC12C. The van der Waals surface area contributed by atoms with Crippen LogP contribution >= 0.6 is 0 Å². The highest BCUT2D eigenvalue weighted by Crippen LogP contribution is 2.87. The molecule has 4 aliphatic carbocycles. The largest absolute Gasteiger partial charge is 0.481 e. The lowest BCUT2D eigenvalue weighted by atomic mass is 9.43. The van der Waals surface area contributed by atoms with Gasteiger partial charge in [0.05, 0.1) is 0 Å². The van der Waals surface area contributed by atoms with E-state index >= 15 is 0 Å². The van der Waals surface area contributed by atoms with Crippen LogP contribution in [0.3, 0.4) is 0 Å². The molecule has 2 N–H and O–H groups in total. The summed E-state index contributed by atoms with van der Waals surface area (Å²) in [5, 5.41) is 19.6. The summed E-state index contributed by atoms with van der Waals surface area (Å²) >= 11 is 0. The van der Waals surface area contributed by atoms with Crippen LogP contribution in [0.4, 0.5) is 0 Å². The highest BCUT2D eigenvalue weighted by atomic mass is 16.4. The molecule has 0 amide bonds. The predicted molar refractivity (Wildman–Crippen MR) is 135 cm³/mol. The van der Waals surface area contributed by atoms with Crippen molar-refractivity contribution >= 4 is 5.97 Å². The van der Waals surface area contributed by atoms with Crippen LogP contribution in [-0.4, -0.2) is 22.8 Å². The minimum atomic E-state index is -0.651. The van der Waals surface area contributed by atoms with Crippen LogP contribution in [0.25, 0.3) is 0 Å². The molecule has 9 unspecified atom stereocenters. The number of allylic oxidation sites excluding steroid dienone is 2. The molecule has 3 heteroatoms. The third-order valence-electron chi connectivity index (χ3n) is 12.2. The summed E-state index contributed by atoms with van der Waals surface area (Å²) in [6.45, 7) is 14.6. The lowest BCUT2D eigenvalue weighted by Gasteiger charge is -2.61. The van der Waals surface area contributed by atoms with Gasteiger partial charge in [0.1, 0.15) is 0 Å². The molecule has 0 aromatic rings. The Balaban J connectivity index is 1.60. The fourth-order valence-electron chi connectivity index (χ4n) is 10.4. The maximum atomic E-state index is 11.6. The molecule has 4 fully saturated rings. The first-order valence-electron chi connectivity index (χ1n) is 13.9. The van der Waals surface area contributed by atoms with E-state index in [4.69, 9.17) is 0 Å². The number of carboxylic acids is 1. The van der Waals surface area contributed by atoms with Crippen LogP contribution in [0.5, 0.6) is 0 Å². The molecule has 0 aromatic carbocycles. The Labute approximate surface area is 202 Å². The van der Waals surface area contributed by atoms with Crippen molar-refractivity contribution in [2.75, 3.05) is 6.61 Å². The van der Waals surface area contributed by atoms with Crippen LogP contribution < -0.4 is 0 Å². The normalized spacial score (nSPS) is 45.4. The van der Waals surface area contributed by atoms with Gasteiger partial charge in [-0.3, -0.25) is 4.79 Å². The van der Waals surface area contributed by atoms with Gasteiger partial charge in [0, 0.05) is 13.0 Å². The van der Waals surface area contributed by atoms with Crippen LogP contribution in [0.1, 0.15) is 112 Å². The summed E-state index contributed by atoms with van der Waals surface area (Å²) in [7, 11) is 0. The number of aliphatic hydroxyl groups is 1. The average molecular weight is 459 g/mol. The van der Waals surface area contributed by atoms with Gasteiger partial charge in [0.2, 0.25) is 0 Å². The van der Waals surface area contributed by atoms with Gasteiger partial charge in [-0.1, -0.05) is 39.3 Å². The molecule has 4 rings (SSSR count). The number of carboxylic acid groups (broad SMARTS) is 1. The number of hydrogen-bond acceptors (Lipinski definition) is 2. The Morgan fingerprint density at radius 2 is 1.73 bits per heavy atom. The summed E-state index contributed by atoms with van der Waals surface area (Å²) in [5.74, 6) is 2.43. The smallest absolute Gasteiger partial charge is 0.303 e. The summed E-state index contributed by atoms with van der Waals surface area (Å²) in [6.07, 6.45) is 15.0. The van der Waals surface area contributed by atoms with Crippen LogP contribution in [0, 0.1) is 51.2 Å². The minimum absolute atomic E-state index is 0.161. The zero-order chi connectivity index (χ0) is 24.2. The minimum Gasteiger partial charge on any atom is -0.481 e. The summed E-state index contributed by atoms with van der Waals surface area (Å²) < 4.78 is 0. The molecule has 0 bridgehead atoms. The molecular formula is C30H50O3. The first-order valence-corrected chi connectivity index (χ1v) is 13.9. The van der Waals surface area contributed by atoms with E-state index in [9.17, 15) is 15.0 Å². The summed E-state index contributed by atoms with van der Waals surface area (Å²) in [4.78, 5) is 11.6. The monoisotopic (exact) mass is 458 g/mol. The molecule has 3 nitrogen and oxygen atoms in total. The number of rotatable bonds is 9. The maximum Gasteiger partial charge on any atom is 0.303 e. The van der Waals surface area contributed by atoms with Crippen molar-refractivity contribution < 1.29 is 15.0 Å². The fourth-order valence-corrected chi connectivity index (χ4v) is 10.4. The van der Waals surface area contributed by atoms with Gasteiger partial charge in [-0.2, -0.15) is 0 Å². The molecule has 9 atom stereocenters. The van der Waals surface area contributed by atoms with E-state index in [0.717, 1.165) is 24.2 Å². The van der Waals surface area contributed by atoms with Crippen molar-refractivity contribution in [2.45, 2.75) is 112 Å². The number of aliphatic carboxylic acids is 1. The molecular weight excluding hydrogens is 408 g/mol. The van der Waals surface area contributed by atoms with Gasteiger partial charge in [-0.25, -0.2) is 0 Å². The Hall–Kier alpha value is -0.830. The van der Waals surface area contributed by atoms with Crippen LogP contribution in [-0.2, 0) is 4.79 Å². The molecule has 0 aromatic heterocycles. The first kappa shape index (κ1) is 25.3. The second-order valence-corrected chi connectivity index (χ2v) is 13.6. The van der Waals surface area contributed by atoms with E-state index in [1.54, 1.807) is 0 Å². The van der Waals surface area contributed by atoms with E-state index in [1.807, 2.05) is 0 Å². The zero-order valence-electron chi connectivity index (χ0n) is 22.3. The van der Waals surface area contributed by atoms with Crippen molar-refractivity contribution in [1.82, 2.24) is 0 Å². The Morgan fingerprint density at radius 3 is 2.36 bits per heavy atom. The van der Waals surface area contributed by atoms with Gasteiger partial charge in [-0.05, 0) is 129 Å². The molecule has 188 valence electrons. The highest BCUT2D eigenvalue weighted by Gasteiger charge is 2.80. The number of fused-ring (bicyclic) bond motifs is 2. The number of hydrogen-bond donors (Lipinski definition) is 2. The standard InChI is InChI=1S/C30H50O3/c1-20(2)8-7-9-21(3)23-12-14-28(6)25-11-10-24(22(4)18-31)29(15-13-26(32)33)19-30(25,29)17-16-27(23,28)5/h8,21-25,31H,7,9-19H2,1-6H3,(H,32,33). The summed E-state index contributed by atoms with van der Waals surface area (Å²) in [5.41, 5.74) is 2.71. The number of aliphatic hydroxyl groups excluding tert-OH is 1. The van der Waals surface area contributed by atoms with E-state index in [2.05, 4.69) is 47.6 Å². The third-order valence-corrected chi connectivity index (χ3v) is 12.2. The highest BCUT2D eigenvalue weighted by molar-refractivity contribution is 5.66. The molecule has 0 aliphatic heterocycles. The van der Waals surface area contributed by atoms with E-state index in [-0.39, 0.29) is 17.9 Å². The van der Waals surface area contributed by atoms with Gasteiger partial charge < -0.3 is 10.2 Å². The zero-order valence-corrected chi connectivity index (χ0v) is 22.3. The Morgan fingerprint density at radius 1 is 1.00 bits per heavy atom. The molecule has 0 saturated heterocycles. The van der Waals surface area contributed by atoms with Gasteiger partial charge in [0.15, 0.2) is 0 Å². The second-order valence-electron chi connectivity index (χ2n) is 13.6. The average Bonchev–Trinajstić information content (AvgIpc) is 3.35. The maximum absolute atomic E-state index is 11.6. The van der Waals surface area contributed by atoms with E-state index in [0.29, 0.717) is 28.6 Å². The van der Waals surface area contributed by atoms with Crippen molar-refractivity contribution in [2.24, 2.45) is 51.2 Å². The van der Waals surface area contributed by atoms with Gasteiger partial charge in [-0.15, -0.1) is 0 Å². The quantitative estimate of drug-likeness (QED) is 0.352. The second kappa shape index (κ2) is 8.68. The van der Waals surface area contributed by atoms with Gasteiger partial charge in [0.25, 0.3) is 0 Å². The topological polar surface area (TPSA) is 57.5 Å². The summed E-state index contributed by atoms with van der Waals surface area (Å²) in [6, 6.07) is 0. The molecule has 4 saturated carbocycles. The molecule has 0 heterocycles. The lowest BCUT2D eigenvalue weighted by molar-refractivity contribution is -0.141. The fraction of sp³-hybridized carbons (Fsp3) is 0.900. The Bertz CT molecular complexity index is 783. The molecule has 1 spiro atoms. The number of carbonyl (C=O) groups is 1. The molecule has 4 aliphatic rings. The lowest BCUT2D eigenvalue weighted by Crippen LogP contribution is -2.54. The third kappa shape index (κ3) is 3.66. The van der Waals surface area contributed by atoms with Crippen molar-refractivity contribution in [3.05, 3.63) is 11.6 Å². The van der Waals surface area contributed by atoms with Gasteiger partial charge >= 0.3 is 5.97 Å². The predicted octanol–water partition coefficient (Wildman–Crippen LogP) is 7.48. The van der Waals surface area contributed by atoms with Crippen LogP contribution in [0.15, 0.2) is 11.6 Å². The molecule has 0 radical (unpaired) electrons.